The molecule has 0 atom stereocenters. The molecule has 2 aromatic carbocycles. The Morgan fingerprint density at radius 3 is 2.15 bits per heavy atom. The van der Waals surface area contributed by atoms with Crippen molar-refractivity contribution in [1.29, 1.82) is 0 Å². The van der Waals surface area contributed by atoms with Gasteiger partial charge in [0.15, 0.2) is 17.2 Å². The molecule has 0 fully saturated rings. The van der Waals surface area contributed by atoms with Crippen LogP contribution in [-0.4, -0.2) is 31.9 Å². The smallest absolute Gasteiger partial charge is 0.271 e. The first-order valence-corrected chi connectivity index (χ1v) is 7.66. The summed E-state index contributed by atoms with van der Waals surface area (Å²) >= 11 is 0. The normalized spacial score (nSPS) is 11.2. The third kappa shape index (κ3) is 3.62. The van der Waals surface area contributed by atoms with Crippen molar-refractivity contribution in [1.82, 2.24) is 10.4 Å². The number of carbonyl (C=O) groups excluding carboxylic acids is 1. The van der Waals surface area contributed by atoms with E-state index >= 15 is 0 Å². The average molecular weight is 349 g/mol. The summed E-state index contributed by atoms with van der Waals surface area (Å²) in [6, 6.07) is 16.6. The second-order valence-corrected chi connectivity index (χ2v) is 5.35. The van der Waals surface area contributed by atoms with Gasteiger partial charge in [0.05, 0.1) is 5.69 Å². The highest BCUT2D eigenvalue weighted by Gasteiger charge is 2.14. The Labute approximate surface area is 148 Å². The number of carbonyl (C=O) groups is 1. The molecular weight excluding hydrogens is 334 g/mol. The van der Waals surface area contributed by atoms with Crippen molar-refractivity contribution in [2.45, 2.75) is 0 Å². The Balaban J connectivity index is 1.93. The maximum absolute atomic E-state index is 12.3. The van der Waals surface area contributed by atoms with E-state index in [0.717, 1.165) is 17.7 Å². The number of benzene rings is 2. The van der Waals surface area contributed by atoms with E-state index in [1.54, 1.807) is 24.4 Å². The molecule has 0 aliphatic rings. The predicted octanol–water partition coefficient (Wildman–Crippen LogP) is 2.38. The van der Waals surface area contributed by atoms with Crippen LogP contribution in [0, 0.1) is 0 Å². The topological polar surface area (TPSA) is 115 Å². The molecular formula is C19H15N3O4. The Bertz CT molecular complexity index is 893. The van der Waals surface area contributed by atoms with Crippen molar-refractivity contribution in [3.63, 3.8) is 0 Å². The van der Waals surface area contributed by atoms with Crippen LogP contribution in [0.2, 0.25) is 0 Å². The summed E-state index contributed by atoms with van der Waals surface area (Å²) in [6.45, 7) is 0. The number of aromatic hydroxyl groups is 3. The van der Waals surface area contributed by atoms with E-state index in [1.165, 1.54) is 0 Å². The van der Waals surface area contributed by atoms with E-state index in [4.69, 9.17) is 0 Å². The Kier molecular flexibility index (Phi) is 4.80. The first-order chi connectivity index (χ1) is 12.6. The monoisotopic (exact) mass is 349 g/mol. The molecule has 1 heterocycles. The molecule has 4 N–H and O–H groups in total. The lowest BCUT2D eigenvalue weighted by Crippen LogP contribution is -2.21. The molecule has 1 amide bonds. The Morgan fingerprint density at radius 1 is 0.885 bits per heavy atom. The number of amides is 1. The van der Waals surface area contributed by atoms with Crippen LogP contribution < -0.4 is 5.43 Å². The maximum atomic E-state index is 12.3. The third-order valence-corrected chi connectivity index (χ3v) is 3.56. The first kappa shape index (κ1) is 17.0. The molecule has 0 saturated carbocycles. The van der Waals surface area contributed by atoms with Crippen molar-refractivity contribution in [3.05, 3.63) is 83.7 Å². The van der Waals surface area contributed by atoms with Crippen molar-refractivity contribution >= 4 is 11.6 Å². The van der Waals surface area contributed by atoms with Gasteiger partial charge in [-0.25, -0.2) is 5.43 Å². The van der Waals surface area contributed by atoms with Gasteiger partial charge in [0, 0.05) is 17.3 Å². The van der Waals surface area contributed by atoms with Crippen LogP contribution in [-0.2, 0) is 0 Å². The zero-order chi connectivity index (χ0) is 18.5. The van der Waals surface area contributed by atoms with Crippen molar-refractivity contribution in [3.8, 4) is 17.2 Å². The van der Waals surface area contributed by atoms with Crippen LogP contribution in [0.4, 0.5) is 0 Å². The zero-order valence-electron chi connectivity index (χ0n) is 13.5. The van der Waals surface area contributed by atoms with E-state index in [1.807, 2.05) is 30.3 Å². The van der Waals surface area contributed by atoms with Gasteiger partial charge in [-0.1, -0.05) is 36.4 Å². The van der Waals surface area contributed by atoms with Gasteiger partial charge in [-0.05, 0) is 24.3 Å². The van der Waals surface area contributed by atoms with E-state index in [0.29, 0.717) is 11.4 Å². The summed E-state index contributed by atoms with van der Waals surface area (Å²) in [4.78, 5) is 16.5. The number of nitrogens with one attached hydrogen (secondary N) is 1. The minimum absolute atomic E-state index is 0.0602. The largest absolute Gasteiger partial charge is 0.504 e. The predicted molar refractivity (Wildman–Crippen MR) is 95.2 cm³/mol. The fourth-order valence-electron chi connectivity index (χ4n) is 2.28. The van der Waals surface area contributed by atoms with Gasteiger partial charge in [0.1, 0.15) is 5.71 Å². The lowest BCUT2D eigenvalue weighted by molar-refractivity contribution is 0.0954. The molecule has 0 saturated heterocycles. The second-order valence-electron chi connectivity index (χ2n) is 5.35. The summed E-state index contributed by atoms with van der Waals surface area (Å²) in [5.74, 6) is -2.57. The third-order valence-electron chi connectivity index (χ3n) is 3.56. The number of pyridine rings is 1. The molecule has 1 aromatic heterocycles. The van der Waals surface area contributed by atoms with E-state index in [2.05, 4.69) is 15.5 Å². The second kappa shape index (κ2) is 7.35. The molecule has 0 bridgehead atoms. The molecule has 3 aromatic rings. The lowest BCUT2D eigenvalue weighted by Gasteiger charge is -2.08. The van der Waals surface area contributed by atoms with E-state index < -0.39 is 23.2 Å². The Hall–Kier alpha value is -3.87. The number of nitrogens with zero attached hydrogens (tertiary/aromatic N) is 2. The van der Waals surface area contributed by atoms with E-state index in [9.17, 15) is 20.1 Å². The minimum Gasteiger partial charge on any atom is -0.504 e. The molecule has 0 spiro atoms. The van der Waals surface area contributed by atoms with Crippen LogP contribution in [0.3, 0.4) is 0 Å². The minimum atomic E-state index is -0.691. The molecule has 0 radical (unpaired) electrons. The maximum Gasteiger partial charge on any atom is 0.271 e. The zero-order valence-corrected chi connectivity index (χ0v) is 13.5. The lowest BCUT2D eigenvalue weighted by atomic mass is 10.1. The van der Waals surface area contributed by atoms with Crippen LogP contribution in [0.5, 0.6) is 17.2 Å². The van der Waals surface area contributed by atoms with Crippen molar-refractivity contribution < 1.29 is 20.1 Å². The van der Waals surface area contributed by atoms with Crippen LogP contribution in [0.1, 0.15) is 21.6 Å². The molecule has 130 valence electrons. The number of phenols is 3. The van der Waals surface area contributed by atoms with E-state index in [-0.39, 0.29) is 5.56 Å². The summed E-state index contributed by atoms with van der Waals surface area (Å²) in [7, 11) is 0. The molecule has 26 heavy (non-hydrogen) atoms. The summed E-state index contributed by atoms with van der Waals surface area (Å²) in [5.41, 5.74) is 4.08. The summed E-state index contributed by atoms with van der Waals surface area (Å²) in [6.07, 6.45) is 1.62. The summed E-state index contributed by atoms with van der Waals surface area (Å²) < 4.78 is 0. The number of rotatable bonds is 4. The van der Waals surface area contributed by atoms with Crippen molar-refractivity contribution in [2.75, 3.05) is 0 Å². The van der Waals surface area contributed by atoms with Gasteiger partial charge in [-0.3, -0.25) is 9.78 Å². The SMILES string of the molecule is O=C(NN=C(c1ccccc1)c1ccccn1)c1cc(O)c(O)c(O)c1. The Morgan fingerprint density at radius 2 is 1.54 bits per heavy atom. The number of hydrogen-bond acceptors (Lipinski definition) is 6. The van der Waals surface area contributed by atoms with Crippen LogP contribution >= 0.6 is 0 Å². The first-order valence-electron chi connectivity index (χ1n) is 7.66. The van der Waals surface area contributed by atoms with Crippen LogP contribution in [0.25, 0.3) is 0 Å². The van der Waals surface area contributed by atoms with Gasteiger partial charge in [0.25, 0.3) is 5.91 Å². The number of phenolic OH excluding ortho intramolecular Hbond substituents is 3. The molecule has 7 heteroatoms. The standard InChI is InChI=1S/C19H15N3O4/c23-15-10-13(11-16(24)18(15)25)19(26)22-21-17(12-6-2-1-3-7-12)14-8-4-5-9-20-14/h1-11,23-25H,(H,22,26). The highest BCUT2D eigenvalue weighted by Crippen LogP contribution is 2.35. The number of aromatic nitrogens is 1. The van der Waals surface area contributed by atoms with Crippen molar-refractivity contribution in [2.24, 2.45) is 5.10 Å². The quantitative estimate of drug-likeness (QED) is 0.328. The molecule has 0 aliphatic carbocycles. The molecule has 0 unspecified atom stereocenters. The number of hydrogen-bond donors (Lipinski definition) is 4. The van der Waals surface area contributed by atoms with Gasteiger partial charge < -0.3 is 15.3 Å². The highest BCUT2D eigenvalue weighted by atomic mass is 16.3. The van der Waals surface area contributed by atoms with Gasteiger partial charge in [-0.15, -0.1) is 0 Å². The van der Waals surface area contributed by atoms with Gasteiger partial charge >= 0.3 is 0 Å². The average Bonchev–Trinajstić information content (AvgIpc) is 2.67. The molecule has 0 aliphatic heterocycles. The highest BCUT2D eigenvalue weighted by molar-refractivity contribution is 6.12. The summed E-state index contributed by atoms with van der Waals surface area (Å²) in [5, 5.41) is 32.6. The number of hydrazone groups is 1. The van der Waals surface area contributed by atoms with Crippen LogP contribution in [0.15, 0.2) is 72.0 Å². The fourth-order valence-corrected chi connectivity index (χ4v) is 2.28. The van der Waals surface area contributed by atoms with Gasteiger partial charge in [0.2, 0.25) is 0 Å². The van der Waals surface area contributed by atoms with Gasteiger partial charge in [-0.2, -0.15) is 5.10 Å². The molecule has 7 nitrogen and oxygen atoms in total. The molecule has 3 rings (SSSR count). The fraction of sp³-hybridized carbons (Fsp3) is 0.